The first-order chi connectivity index (χ1) is 7.02. The van der Waals surface area contributed by atoms with E-state index in [4.69, 9.17) is 5.11 Å². The fourth-order valence-electron chi connectivity index (χ4n) is 1.17. The van der Waals surface area contributed by atoms with Gasteiger partial charge in [-0.25, -0.2) is 4.79 Å². The number of carboxylic acid groups (broad SMARTS) is 1. The lowest BCUT2D eigenvalue weighted by Crippen LogP contribution is -2.45. The number of nitrogens with one attached hydrogen (secondary N) is 2. The summed E-state index contributed by atoms with van der Waals surface area (Å²) in [5.74, 6) is -1.25. The molecule has 0 rings (SSSR count). The molecule has 0 radical (unpaired) electrons. The largest absolute Gasteiger partial charge is 0.480 e. The van der Waals surface area contributed by atoms with Gasteiger partial charge in [0.15, 0.2) is 0 Å². The first-order valence-electron chi connectivity index (χ1n) is 5.19. The molecule has 0 aliphatic heterocycles. The van der Waals surface area contributed by atoms with Gasteiger partial charge in [0, 0.05) is 13.0 Å². The Morgan fingerprint density at radius 3 is 2.40 bits per heavy atom. The van der Waals surface area contributed by atoms with Crippen molar-refractivity contribution in [3.63, 3.8) is 0 Å². The Hall–Kier alpha value is -1.10. The Balaban J connectivity index is 4.16. The molecule has 0 heterocycles. The summed E-state index contributed by atoms with van der Waals surface area (Å²) in [6.07, 6.45) is 1.03. The van der Waals surface area contributed by atoms with Gasteiger partial charge < -0.3 is 15.7 Å². The molecule has 15 heavy (non-hydrogen) atoms. The molecule has 2 unspecified atom stereocenters. The zero-order valence-electron chi connectivity index (χ0n) is 9.54. The lowest BCUT2D eigenvalue weighted by Gasteiger charge is -2.19. The van der Waals surface area contributed by atoms with Crippen molar-refractivity contribution in [3.8, 4) is 0 Å². The monoisotopic (exact) mass is 216 g/mol. The van der Waals surface area contributed by atoms with Crippen molar-refractivity contribution in [2.24, 2.45) is 5.92 Å². The summed E-state index contributed by atoms with van der Waals surface area (Å²) < 4.78 is 0. The molecular formula is C10H20N2O3. The standard InChI is InChI=1S/C10H20N2O3/c1-4-7(2)9(10(14)15)12-8(13)5-6-11-3/h7,9,11H,4-6H2,1-3H3,(H,12,13)(H,14,15). The Kier molecular flexibility index (Phi) is 6.70. The predicted octanol–water partition coefficient (Wildman–Crippen LogP) is 0.211. The average molecular weight is 216 g/mol. The highest BCUT2D eigenvalue weighted by atomic mass is 16.4. The molecule has 3 N–H and O–H groups in total. The summed E-state index contributed by atoms with van der Waals surface area (Å²) in [7, 11) is 1.75. The highest BCUT2D eigenvalue weighted by Crippen LogP contribution is 2.07. The van der Waals surface area contributed by atoms with Gasteiger partial charge in [0.25, 0.3) is 0 Å². The molecule has 0 fully saturated rings. The summed E-state index contributed by atoms with van der Waals surface area (Å²) in [5, 5.41) is 14.3. The zero-order valence-corrected chi connectivity index (χ0v) is 9.54. The molecule has 0 saturated heterocycles. The Bertz CT molecular complexity index is 219. The van der Waals surface area contributed by atoms with Crippen molar-refractivity contribution in [1.29, 1.82) is 0 Å². The van der Waals surface area contributed by atoms with Gasteiger partial charge in [-0.3, -0.25) is 4.79 Å². The van der Waals surface area contributed by atoms with Crippen LogP contribution in [-0.4, -0.2) is 36.6 Å². The van der Waals surface area contributed by atoms with Gasteiger partial charge in [-0.15, -0.1) is 0 Å². The number of hydrogen-bond acceptors (Lipinski definition) is 3. The number of hydrogen-bond donors (Lipinski definition) is 3. The maximum absolute atomic E-state index is 11.3. The van der Waals surface area contributed by atoms with E-state index < -0.39 is 12.0 Å². The molecule has 0 aromatic heterocycles. The van der Waals surface area contributed by atoms with Gasteiger partial charge in [0.05, 0.1) is 0 Å². The van der Waals surface area contributed by atoms with Crippen LogP contribution in [0.4, 0.5) is 0 Å². The molecule has 0 aromatic rings. The van der Waals surface area contributed by atoms with Crippen LogP contribution in [0, 0.1) is 5.92 Å². The third-order valence-electron chi connectivity index (χ3n) is 2.40. The lowest BCUT2D eigenvalue weighted by atomic mass is 9.99. The molecule has 2 atom stereocenters. The quantitative estimate of drug-likeness (QED) is 0.568. The van der Waals surface area contributed by atoms with Gasteiger partial charge in [-0.1, -0.05) is 20.3 Å². The summed E-state index contributed by atoms with van der Waals surface area (Å²) in [6, 6.07) is -0.778. The van der Waals surface area contributed by atoms with Gasteiger partial charge in [-0.2, -0.15) is 0 Å². The van der Waals surface area contributed by atoms with Crippen LogP contribution < -0.4 is 10.6 Å². The van der Waals surface area contributed by atoms with Crippen molar-refractivity contribution in [2.75, 3.05) is 13.6 Å². The number of carbonyl (C=O) groups excluding carboxylic acids is 1. The molecule has 1 amide bonds. The van der Waals surface area contributed by atoms with Crippen LogP contribution in [0.2, 0.25) is 0 Å². The summed E-state index contributed by atoms with van der Waals surface area (Å²) >= 11 is 0. The van der Waals surface area contributed by atoms with Crippen LogP contribution in [0.1, 0.15) is 26.7 Å². The third kappa shape index (κ3) is 5.37. The number of carboxylic acids is 1. The van der Waals surface area contributed by atoms with E-state index in [1.807, 2.05) is 13.8 Å². The number of amides is 1. The highest BCUT2D eigenvalue weighted by molar-refractivity contribution is 5.83. The Morgan fingerprint density at radius 2 is 2.00 bits per heavy atom. The second kappa shape index (κ2) is 7.23. The minimum Gasteiger partial charge on any atom is -0.480 e. The van der Waals surface area contributed by atoms with Crippen molar-refractivity contribution < 1.29 is 14.7 Å². The van der Waals surface area contributed by atoms with Gasteiger partial charge in [-0.05, 0) is 13.0 Å². The van der Waals surface area contributed by atoms with Crippen LogP contribution in [0.5, 0.6) is 0 Å². The average Bonchev–Trinajstić information content (AvgIpc) is 2.21. The van der Waals surface area contributed by atoms with E-state index in [1.165, 1.54) is 0 Å². The summed E-state index contributed by atoms with van der Waals surface area (Å²) in [4.78, 5) is 22.2. The summed E-state index contributed by atoms with van der Waals surface area (Å²) in [5.41, 5.74) is 0. The van der Waals surface area contributed by atoms with Crippen LogP contribution in [0.3, 0.4) is 0 Å². The minimum absolute atomic E-state index is 0.0546. The molecule has 0 bridgehead atoms. The maximum atomic E-state index is 11.3. The normalized spacial score (nSPS) is 14.3. The first-order valence-corrected chi connectivity index (χ1v) is 5.19. The Morgan fingerprint density at radius 1 is 1.40 bits per heavy atom. The van der Waals surface area contributed by atoms with Crippen LogP contribution >= 0.6 is 0 Å². The second-order valence-electron chi connectivity index (χ2n) is 3.62. The van der Waals surface area contributed by atoms with Crippen molar-refractivity contribution in [3.05, 3.63) is 0 Å². The lowest BCUT2D eigenvalue weighted by molar-refractivity contribution is -0.143. The summed E-state index contributed by atoms with van der Waals surface area (Å²) in [6.45, 7) is 4.27. The van der Waals surface area contributed by atoms with Crippen LogP contribution in [0.15, 0.2) is 0 Å². The van der Waals surface area contributed by atoms with E-state index in [1.54, 1.807) is 7.05 Å². The SMILES string of the molecule is CCC(C)C(NC(=O)CCNC)C(=O)O. The fourth-order valence-corrected chi connectivity index (χ4v) is 1.17. The van der Waals surface area contributed by atoms with E-state index in [0.717, 1.165) is 6.42 Å². The highest BCUT2D eigenvalue weighted by Gasteiger charge is 2.24. The molecule has 88 valence electrons. The van der Waals surface area contributed by atoms with Crippen molar-refractivity contribution in [2.45, 2.75) is 32.7 Å². The molecule has 0 aromatic carbocycles. The molecule has 0 saturated carbocycles. The topological polar surface area (TPSA) is 78.4 Å². The molecular weight excluding hydrogens is 196 g/mol. The smallest absolute Gasteiger partial charge is 0.326 e. The Labute approximate surface area is 90.2 Å². The van der Waals surface area contributed by atoms with E-state index in [-0.39, 0.29) is 11.8 Å². The fraction of sp³-hybridized carbons (Fsp3) is 0.800. The molecule has 5 heteroatoms. The third-order valence-corrected chi connectivity index (χ3v) is 2.40. The second-order valence-corrected chi connectivity index (χ2v) is 3.62. The van der Waals surface area contributed by atoms with Gasteiger partial charge in [0.1, 0.15) is 6.04 Å². The van der Waals surface area contributed by atoms with E-state index in [2.05, 4.69) is 10.6 Å². The number of aliphatic carboxylic acids is 1. The number of carbonyl (C=O) groups is 2. The van der Waals surface area contributed by atoms with E-state index >= 15 is 0 Å². The van der Waals surface area contributed by atoms with Crippen molar-refractivity contribution in [1.82, 2.24) is 10.6 Å². The van der Waals surface area contributed by atoms with Gasteiger partial charge in [0.2, 0.25) is 5.91 Å². The van der Waals surface area contributed by atoms with Gasteiger partial charge >= 0.3 is 5.97 Å². The maximum Gasteiger partial charge on any atom is 0.326 e. The zero-order chi connectivity index (χ0) is 11.8. The van der Waals surface area contributed by atoms with E-state index in [0.29, 0.717) is 13.0 Å². The predicted molar refractivity (Wildman–Crippen MR) is 57.6 cm³/mol. The van der Waals surface area contributed by atoms with Crippen LogP contribution in [0.25, 0.3) is 0 Å². The molecule has 0 spiro atoms. The molecule has 5 nitrogen and oxygen atoms in total. The molecule has 0 aliphatic rings. The van der Waals surface area contributed by atoms with Crippen molar-refractivity contribution >= 4 is 11.9 Å². The first kappa shape index (κ1) is 13.9. The van der Waals surface area contributed by atoms with E-state index in [9.17, 15) is 9.59 Å². The molecule has 0 aliphatic carbocycles. The number of rotatable bonds is 7. The minimum atomic E-state index is -0.970. The van der Waals surface area contributed by atoms with Crippen LogP contribution in [-0.2, 0) is 9.59 Å².